The molecule has 0 aliphatic rings. The first-order valence-corrected chi connectivity index (χ1v) is 6.93. The van der Waals surface area contributed by atoms with Gasteiger partial charge >= 0.3 is 0 Å². The number of fused-ring (bicyclic) bond motifs is 1. The minimum atomic E-state index is 0. The average Bonchev–Trinajstić information content (AvgIpc) is 2.73. The van der Waals surface area contributed by atoms with Crippen LogP contribution in [-0.4, -0.2) is 5.84 Å². The molecule has 2 rings (SSSR count). The highest BCUT2D eigenvalue weighted by atomic mass is 35.5. The maximum absolute atomic E-state index is 7.50. The molecule has 3 N–H and O–H groups in total. The van der Waals surface area contributed by atoms with Gasteiger partial charge in [-0.2, -0.15) is 0 Å². The Morgan fingerprint density at radius 3 is 2.79 bits per heavy atom. The second-order valence-corrected chi connectivity index (χ2v) is 5.90. The number of halogens is 1. The highest BCUT2D eigenvalue weighted by molar-refractivity contribution is 7.20. The molecule has 0 saturated carbocycles. The maximum Gasteiger partial charge on any atom is 0.133 e. The summed E-state index contributed by atoms with van der Waals surface area (Å²) < 4.78 is 1.19. The SMILES string of the molecule is CC(C)C/C=C/c1cccc2sc(C(=N)N)cc12.Cl. The number of hydrogen-bond acceptors (Lipinski definition) is 2. The number of benzene rings is 1. The number of nitrogens with one attached hydrogen (secondary N) is 1. The van der Waals surface area contributed by atoms with E-state index < -0.39 is 0 Å². The molecule has 0 fully saturated rings. The molecule has 0 unspecified atom stereocenters. The normalized spacial score (nSPS) is 11.1. The second kappa shape index (κ2) is 6.73. The lowest BCUT2D eigenvalue weighted by molar-refractivity contribution is 0.665. The van der Waals surface area contributed by atoms with Gasteiger partial charge in [0.05, 0.1) is 4.88 Å². The number of nitrogen functional groups attached to an aromatic ring is 1. The van der Waals surface area contributed by atoms with Crippen LogP contribution < -0.4 is 5.73 Å². The number of thiophene rings is 1. The molecule has 2 aromatic rings. The van der Waals surface area contributed by atoms with Crippen molar-refractivity contribution in [3.8, 4) is 0 Å². The largest absolute Gasteiger partial charge is 0.383 e. The van der Waals surface area contributed by atoms with Crippen LogP contribution in [0.25, 0.3) is 16.2 Å². The molecule has 102 valence electrons. The van der Waals surface area contributed by atoms with E-state index in [1.54, 1.807) is 11.3 Å². The van der Waals surface area contributed by atoms with Crippen molar-refractivity contribution < 1.29 is 0 Å². The van der Waals surface area contributed by atoms with Crippen LogP contribution in [0.5, 0.6) is 0 Å². The van der Waals surface area contributed by atoms with Gasteiger partial charge in [-0.1, -0.05) is 38.1 Å². The summed E-state index contributed by atoms with van der Waals surface area (Å²) in [5.41, 5.74) is 6.75. The lowest BCUT2D eigenvalue weighted by Crippen LogP contribution is -2.08. The maximum atomic E-state index is 7.50. The molecule has 1 aromatic heterocycles. The number of amidine groups is 1. The zero-order chi connectivity index (χ0) is 13.1. The molecule has 4 heteroatoms. The molecule has 1 aromatic carbocycles. The number of rotatable bonds is 4. The minimum Gasteiger partial charge on any atom is -0.383 e. The summed E-state index contributed by atoms with van der Waals surface area (Å²) in [6, 6.07) is 8.25. The smallest absolute Gasteiger partial charge is 0.133 e. The van der Waals surface area contributed by atoms with Crippen LogP contribution in [0.3, 0.4) is 0 Å². The summed E-state index contributed by atoms with van der Waals surface area (Å²) in [6.07, 6.45) is 5.46. The summed E-state index contributed by atoms with van der Waals surface area (Å²) >= 11 is 1.58. The van der Waals surface area contributed by atoms with Crippen molar-refractivity contribution in [2.45, 2.75) is 20.3 Å². The summed E-state index contributed by atoms with van der Waals surface area (Å²) in [5.74, 6) is 0.823. The van der Waals surface area contributed by atoms with Gasteiger partial charge < -0.3 is 5.73 Å². The van der Waals surface area contributed by atoms with E-state index in [0.717, 1.165) is 11.3 Å². The summed E-state index contributed by atoms with van der Waals surface area (Å²) in [5, 5.41) is 8.69. The quantitative estimate of drug-likeness (QED) is 0.625. The predicted octanol–water partition coefficient (Wildman–Crippen LogP) is 4.67. The van der Waals surface area contributed by atoms with Gasteiger partial charge in [-0.15, -0.1) is 23.7 Å². The Balaban J connectivity index is 0.00000180. The van der Waals surface area contributed by atoms with Gasteiger partial charge in [0.25, 0.3) is 0 Å². The highest BCUT2D eigenvalue weighted by Gasteiger charge is 2.06. The third-order valence-electron chi connectivity index (χ3n) is 2.77. The Kier molecular flexibility index (Phi) is 5.58. The number of nitrogens with two attached hydrogens (primary N) is 1. The van der Waals surface area contributed by atoms with Crippen LogP contribution in [0, 0.1) is 11.3 Å². The molecule has 0 saturated heterocycles. The zero-order valence-electron chi connectivity index (χ0n) is 11.1. The Labute approximate surface area is 124 Å². The third kappa shape index (κ3) is 3.82. The molecular weight excluding hydrogens is 276 g/mol. The molecule has 2 nitrogen and oxygen atoms in total. The standard InChI is InChI=1S/C15H18N2S.ClH/c1-10(2)5-3-6-11-7-4-8-13-12(11)9-14(18-13)15(16)17;/h3-4,6-10H,5H2,1-2H3,(H3,16,17);1H/b6-3+;. The molecule has 0 spiro atoms. The molecule has 0 radical (unpaired) electrons. The van der Waals surface area contributed by atoms with Crippen LogP contribution in [-0.2, 0) is 0 Å². The van der Waals surface area contributed by atoms with Crippen LogP contribution >= 0.6 is 23.7 Å². The van der Waals surface area contributed by atoms with Gasteiger partial charge in [0.1, 0.15) is 5.84 Å². The monoisotopic (exact) mass is 294 g/mol. The van der Waals surface area contributed by atoms with Gasteiger partial charge in [-0.05, 0) is 30.0 Å². The van der Waals surface area contributed by atoms with Crippen molar-refractivity contribution in [3.05, 3.63) is 40.8 Å². The topological polar surface area (TPSA) is 49.9 Å². The van der Waals surface area contributed by atoms with E-state index in [9.17, 15) is 0 Å². The van der Waals surface area contributed by atoms with Gasteiger partial charge in [0.2, 0.25) is 0 Å². The van der Waals surface area contributed by atoms with Crippen molar-refractivity contribution in [1.29, 1.82) is 5.41 Å². The fourth-order valence-electron chi connectivity index (χ4n) is 1.83. The molecule has 0 bridgehead atoms. The second-order valence-electron chi connectivity index (χ2n) is 4.82. The van der Waals surface area contributed by atoms with Gasteiger partial charge in [0, 0.05) is 10.1 Å². The Morgan fingerprint density at radius 1 is 1.42 bits per heavy atom. The predicted molar refractivity (Wildman–Crippen MR) is 88.6 cm³/mol. The van der Waals surface area contributed by atoms with Crippen molar-refractivity contribution >= 4 is 45.7 Å². The van der Waals surface area contributed by atoms with Crippen molar-refractivity contribution in [2.75, 3.05) is 0 Å². The molecule has 0 aliphatic heterocycles. The van der Waals surface area contributed by atoms with Crippen molar-refractivity contribution in [2.24, 2.45) is 11.7 Å². The van der Waals surface area contributed by atoms with E-state index in [1.807, 2.05) is 6.07 Å². The van der Waals surface area contributed by atoms with E-state index in [2.05, 4.69) is 44.2 Å². The molecule has 0 amide bonds. The molecular formula is C15H19ClN2S. The number of hydrogen-bond donors (Lipinski definition) is 2. The van der Waals surface area contributed by atoms with Crippen LogP contribution in [0.2, 0.25) is 0 Å². The molecule has 19 heavy (non-hydrogen) atoms. The average molecular weight is 295 g/mol. The first-order valence-electron chi connectivity index (χ1n) is 6.11. The fourth-order valence-corrected chi connectivity index (χ4v) is 2.79. The van der Waals surface area contributed by atoms with Crippen LogP contribution in [0.4, 0.5) is 0 Å². The van der Waals surface area contributed by atoms with Crippen molar-refractivity contribution in [1.82, 2.24) is 0 Å². The van der Waals surface area contributed by atoms with E-state index in [-0.39, 0.29) is 18.2 Å². The Morgan fingerprint density at radius 2 is 2.16 bits per heavy atom. The van der Waals surface area contributed by atoms with E-state index in [0.29, 0.717) is 5.92 Å². The van der Waals surface area contributed by atoms with E-state index >= 15 is 0 Å². The van der Waals surface area contributed by atoms with Gasteiger partial charge in [-0.3, -0.25) is 5.41 Å². The summed E-state index contributed by atoms with van der Waals surface area (Å²) in [4.78, 5) is 0.842. The fraction of sp³-hybridized carbons (Fsp3) is 0.267. The van der Waals surface area contributed by atoms with Gasteiger partial charge in [-0.25, -0.2) is 0 Å². The number of allylic oxidation sites excluding steroid dienone is 1. The molecule has 0 aliphatic carbocycles. The molecule has 1 heterocycles. The van der Waals surface area contributed by atoms with Crippen molar-refractivity contribution in [3.63, 3.8) is 0 Å². The van der Waals surface area contributed by atoms with Gasteiger partial charge in [0.15, 0.2) is 0 Å². The van der Waals surface area contributed by atoms with Crippen LogP contribution in [0.1, 0.15) is 30.7 Å². The summed E-state index contributed by atoms with van der Waals surface area (Å²) in [7, 11) is 0. The third-order valence-corrected chi connectivity index (χ3v) is 3.90. The first kappa shape index (κ1) is 15.7. The lowest BCUT2D eigenvalue weighted by Gasteiger charge is -1.99. The summed E-state index contributed by atoms with van der Waals surface area (Å²) in [6.45, 7) is 4.42. The highest BCUT2D eigenvalue weighted by Crippen LogP contribution is 2.29. The van der Waals surface area contributed by atoms with E-state index in [1.165, 1.54) is 15.6 Å². The zero-order valence-corrected chi connectivity index (χ0v) is 12.8. The lowest BCUT2D eigenvalue weighted by atomic mass is 10.1. The Hall–Kier alpha value is -1.32. The molecule has 0 atom stereocenters. The Bertz CT molecular complexity index is 599. The first-order chi connectivity index (χ1) is 8.58. The van der Waals surface area contributed by atoms with Crippen LogP contribution in [0.15, 0.2) is 30.3 Å². The minimum absolute atomic E-state index is 0. The van der Waals surface area contributed by atoms with E-state index in [4.69, 9.17) is 11.1 Å².